The summed E-state index contributed by atoms with van der Waals surface area (Å²) < 4.78 is 13.7. The molecule has 3 nitrogen and oxygen atoms in total. The molecule has 0 unspecified atom stereocenters. The molecule has 18 heavy (non-hydrogen) atoms. The number of halogens is 2. The first-order valence-corrected chi connectivity index (χ1v) is 6.02. The van der Waals surface area contributed by atoms with Crippen LogP contribution in [-0.2, 0) is 12.8 Å². The van der Waals surface area contributed by atoms with E-state index in [1.807, 2.05) is 6.07 Å². The van der Waals surface area contributed by atoms with E-state index in [4.69, 9.17) is 17.3 Å². The van der Waals surface area contributed by atoms with Crippen LogP contribution in [0.3, 0.4) is 0 Å². The predicted octanol–water partition coefficient (Wildman–Crippen LogP) is 2.36. The average molecular weight is 266 g/mol. The zero-order valence-corrected chi connectivity index (χ0v) is 10.5. The second-order valence-electron chi connectivity index (χ2n) is 3.89. The molecule has 0 amide bonds. The molecule has 1 heterocycles. The van der Waals surface area contributed by atoms with Gasteiger partial charge in [0.05, 0.1) is 5.02 Å². The van der Waals surface area contributed by atoms with Gasteiger partial charge in [0.15, 0.2) is 0 Å². The number of nitrogens with zero attached hydrogens (tertiary/aromatic N) is 2. The first kappa shape index (κ1) is 12.9. The van der Waals surface area contributed by atoms with Crippen molar-refractivity contribution in [2.75, 3.05) is 6.54 Å². The molecule has 2 rings (SSSR count). The van der Waals surface area contributed by atoms with Gasteiger partial charge < -0.3 is 5.73 Å². The lowest BCUT2D eigenvalue weighted by Crippen LogP contribution is -2.07. The van der Waals surface area contributed by atoms with E-state index in [0.29, 0.717) is 30.8 Å². The van der Waals surface area contributed by atoms with Crippen molar-refractivity contribution < 1.29 is 4.39 Å². The maximum absolute atomic E-state index is 13.7. The molecule has 0 saturated carbocycles. The lowest BCUT2D eigenvalue weighted by molar-refractivity contribution is 0.612. The van der Waals surface area contributed by atoms with Gasteiger partial charge in [0.25, 0.3) is 0 Å². The second-order valence-corrected chi connectivity index (χ2v) is 4.30. The zero-order chi connectivity index (χ0) is 13.0. The molecule has 0 radical (unpaired) electrons. The highest BCUT2D eigenvalue weighted by Crippen LogP contribution is 2.19. The summed E-state index contributed by atoms with van der Waals surface area (Å²) in [7, 11) is 0. The molecule has 5 heteroatoms. The summed E-state index contributed by atoms with van der Waals surface area (Å²) in [5.74, 6) is 0.161. The van der Waals surface area contributed by atoms with E-state index >= 15 is 0 Å². The Balaban J connectivity index is 2.23. The highest BCUT2D eigenvalue weighted by atomic mass is 35.5. The van der Waals surface area contributed by atoms with Crippen LogP contribution in [0.15, 0.2) is 30.5 Å². The minimum absolute atomic E-state index is 0.116. The minimum atomic E-state index is -0.410. The molecule has 2 aromatic rings. The van der Waals surface area contributed by atoms with E-state index in [9.17, 15) is 4.39 Å². The Morgan fingerprint density at radius 3 is 2.89 bits per heavy atom. The first-order chi connectivity index (χ1) is 8.70. The summed E-state index contributed by atoms with van der Waals surface area (Å²) in [6.07, 6.45) is 2.67. The van der Waals surface area contributed by atoms with Gasteiger partial charge in [-0.15, -0.1) is 0 Å². The molecule has 0 aliphatic carbocycles. The number of rotatable bonds is 4. The molecule has 0 fully saturated rings. The largest absolute Gasteiger partial charge is 0.330 e. The molecular formula is C13H13ClFN3. The van der Waals surface area contributed by atoms with Crippen molar-refractivity contribution in [1.82, 2.24) is 9.97 Å². The van der Waals surface area contributed by atoms with Gasteiger partial charge in [0.2, 0.25) is 0 Å². The van der Waals surface area contributed by atoms with Crippen molar-refractivity contribution in [3.8, 4) is 0 Å². The quantitative estimate of drug-likeness (QED) is 0.923. The summed E-state index contributed by atoms with van der Waals surface area (Å²) in [5, 5.41) is 0.116. The molecule has 0 aliphatic rings. The first-order valence-electron chi connectivity index (χ1n) is 5.64. The molecule has 0 bridgehead atoms. The summed E-state index contributed by atoms with van der Waals surface area (Å²) in [6.45, 7) is 0.530. The van der Waals surface area contributed by atoms with E-state index in [0.717, 1.165) is 5.69 Å². The SMILES string of the molecule is NCCc1ccnc(Cc2cccc(Cl)c2F)n1. The lowest BCUT2D eigenvalue weighted by atomic mass is 10.1. The van der Waals surface area contributed by atoms with E-state index in [-0.39, 0.29) is 5.02 Å². The van der Waals surface area contributed by atoms with Crippen LogP contribution >= 0.6 is 11.6 Å². The van der Waals surface area contributed by atoms with E-state index in [2.05, 4.69) is 9.97 Å². The van der Waals surface area contributed by atoms with Gasteiger partial charge >= 0.3 is 0 Å². The highest BCUT2D eigenvalue weighted by Gasteiger charge is 2.08. The lowest BCUT2D eigenvalue weighted by Gasteiger charge is -2.05. The van der Waals surface area contributed by atoms with Gasteiger partial charge in [-0.25, -0.2) is 14.4 Å². The third-order valence-corrected chi connectivity index (χ3v) is 2.84. The maximum Gasteiger partial charge on any atom is 0.145 e. The average Bonchev–Trinajstić information content (AvgIpc) is 2.36. The van der Waals surface area contributed by atoms with E-state index in [1.54, 1.807) is 18.3 Å². The number of hydrogen-bond donors (Lipinski definition) is 1. The fourth-order valence-electron chi connectivity index (χ4n) is 1.67. The standard InChI is InChI=1S/C13H13ClFN3/c14-11-3-1-2-9(13(11)15)8-12-17-7-5-10(18-12)4-6-16/h1-3,5,7H,4,6,8,16H2. The van der Waals surface area contributed by atoms with Crippen LogP contribution in [0, 0.1) is 5.82 Å². The molecule has 2 N–H and O–H groups in total. The summed E-state index contributed by atoms with van der Waals surface area (Å²) in [6, 6.07) is 6.72. The maximum atomic E-state index is 13.7. The second kappa shape index (κ2) is 5.89. The number of benzene rings is 1. The number of nitrogens with two attached hydrogens (primary N) is 1. The summed E-state index contributed by atoms with van der Waals surface area (Å²) in [5.41, 5.74) is 6.83. The Kier molecular flexibility index (Phi) is 4.23. The Bertz CT molecular complexity index is 546. The van der Waals surface area contributed by atoms with Gasteiger partial charge in [0, 0.05) is 24.7 Å². The van der Waals surface area contributed by atoms with Crippen molar-refractivity contribution in [3.05, 3.63) is 58.4 Å². The van der Waals surface area contributed by atoms with Gasteiger partial charge in [-0.05, 0) is 24.2 Å². The van der Waals surface area contributed by atoms with Crippen molar-refractivity contribution in [3.63, 3.8) is 0 Å². The number of hydrogen-bond acceptors (Lipinski definition) is 3. The molecule has 0 aliphatic heterocycles. The Morgan fingerprint density at radius 2 is 2.11 bits per heavy atom. The Labute approximate surface area is 110 Å². The van der Waals surface area contributed by atoms with Crippen molar-refractivity contribution >= 4 is 11.6 Å². The molecular weight excluding hydrogens is 253 g/mol. The van der Waals surface area contributed by atoms with Crippen molar-refractivity contribution in [2.24, 2.45) is 5.73 Å². The molecule has 1 aromatic heterocycles. The summed E-state index contributed by atoms with van der Waals surface area (Å²) in [4.78, 5) is 8.45. The molecule has 0 spiro atoms. The molecule has 0 saturated heterocycles. The van der Waals surface area contributed by atoms with Crippen LogP contribution in [0.25, 0.3) is 0 Å². The Hall–Kier alpha value is -1.52. The normalized spacial score (nSPS) is 10.6. The fourth-order valence-corrected chi connectivity index (χ4v) is 1.86. The number of aromatic nitrogens is 2. The van der Waals surface area contributed by atoms with Gasteiger partial charge in [-0.1, -0.05) is 23.7 Å². The zero-order valence-electron chi connectivity index (χ0n) is 9.74. The Morgan fingerprint density at radius 1 is 1.28 bits per heavy atom. The van der Waals surface area contributed by atoms with Crippen LogP contribution in [0.5, 0.6) is 0 Å². The van der Waals surface area contributed by atoms with Gasteiger partial charge in [-0.3, -0.25) is 0 Å². The fraction of sp³-hybridized carbons (Fsp3) is 0.231. The van der Waals surface area contributed by atoms with Crippen LogP contribution in [0.4, 0.5) is 4.39 Å². The highest BCUT2D eigenvalue weighted by molar-refractivity contribution is 6.30. The molecule has 94 valence electrons. The monoisotopic (exact) mass is 265 g/mol. The van der Waals surface area contributed by atoms with Crippen molar-refractivity contribution in [1.29, 1.82) is 0 Å². The molecule has 0 atom stereocenters. The van der Waals surface area contributed by atoms with Crippen LogP contribution in [0.1, 0.15) is 17.1 Å². The van der Waals surface area contributed by atoms with Crippen LogP contribution in [-0.4, -0.2) is 16.5 Å². The van der Waals surface area contributed by atoms with E-state index in [1.165, 1.54) is 6.07 Å². The van der Waals surface area contributed by atoms with Crippen molar-refractivity contribution in [2.45, 2.75) is 12.8 Å². The van der Waals surface area contributed by atoms with E-state index < -0.39 is 5.82 Å². The molecule has 1 aromatic carbocycles. The van der Waals surface area contributed by atoms with Gasteiger partial charge in [0.1, 0.15) is 11.6 Å². The van der Waals surface area contributed by atoms with Gasteiger partial charge in [-0.2, -0.15) is 0 Å². The predicted molar refractivity (Wildman–Crippen MR) is 69.0 cm³/mol. The van der Waals surface area contributed by atoms with Crippen LogP contribution in [0.2, 0.25) is 5.02 Å². The minimum Gasteiger partial charge on any atom is -0.330 e. The smallest absolute Gasteiger partial charge is 0.145 e. The van der Waals surface area contributed by atoms with Crippen LogP contribution < -0.4 is 5.73 Å². The topological polar surface area (TPSA) is 51.8 Å². The third-order valence-electron chi connectivity index (χ3n) is 2.54. The third kappa shape index (κ3) is 3.03. The summed E-state index contributed by atoms with van der Waals surface area (Å²) >= 11 is 5.73.